The highest BCUT2D eigenvalue weighted by Gasteiger charge is 2.18. The molecule has 13 aromatic rings. The molecule has 0 saturated carbocycles. The van der Waals surface area contributed by atoms with Gasteiger partial charge in [-0.15, -0.1) is 0 Å². The van der Waals surface area contributed by atoms with Crippen molar-refractivity contribution in [3.05, 3.63) is 193 Å². The van der Waals surface area contributed by atoms with Crippen molar-refractivity contribution in [3.8, 4) is 33.4 Å². The number of fused-ring (bicyclic) bond motifs is 12. The lowest BCUT2D eigenvalue weighted by molar-refractivity contribution is 0.664. The first kappa shape index (κ1) is 33.2. The fraction of sp³-hybridized carbons (Fsp3) is 0.0357. The van der Waals surface area contributed by atoms with Gasteiger partial charge in [-0.2, -0.15) is 0 Å². The molecule has 0 atom stereocenters. The van der Waals surface area contributed by atoms with Crippen LogP contribution in [0.5, 0.6) is 0 Å². The monoisotopic (exact) mass is 770 g/mol. The molecule has 4 heterocycles. The van der Waals surface area contributed by atoms with Crippen molar-refractivity contribution in [2.75, 3.05) is 0 Å². The molecule has 0 bridgehead atoms. The van der Waals surface area contributed by atoms with Crippen LogP contribution in [0.4, 0.5) is 0 Å². The van der Waals surface area contributed by atoms with E-state index in [1.54, 1.807) is 0 Å². The number of rotatable bonds is 5. The van der Waals surface area contributed by atoms with Crippen molar-refractivity contribution in [3.63, 3.8) is 0 Å². The minimum absolute atomic E-state index is 0.822. The third-order valence-electron chi connectivity index (χ3n) is 12.5. The molecule has 4 heteroatoms. The Bertz CT molecular complexity index is 3870. The van der Waals surface area contributed by atoms with Gasteiger partial charge in [0.25, 0.3) is 0 Å². The van der Waals surface area contributed by atoms with E-state index in [4.69, 9.17) is 17.7 Å². The maximum absolute atomic E-state index is 6.44. The molecule has 4 aromatic heterocycles. The summed E-state index contributed by atoms with van der Waals surface area (Å²) in [5.41, 5.74) is 17.7. The standard InChI is InChI=1S/C56H34O4/c1-32-15-16-34(36-19-21-51-43(26-36)47-30-53-45(28-55(47)59-51)39-11-5-7-13-49(39)57-53)24-41(32)42-25-35(17-18-38(42)23-33-9-3-2-4-10-33)37-20-22-52-44(27-37)48-31-54-46(29-56(48)60-52)40-12-6-8-14-50(40)58-54/h2-22,24-31H,23H2,1H3. The molecular formula is C56H34O4. The number of hydrogen-bond donors (Lipinski definition) is 0. The van der Waals surface area contributed by atoms with Crippen molar-refractivity contribution in [2.24, 2.45) is 0 Å². The zero-order valence-corrected chi connectivity index (χ0v) is 32.6. The molecule has 0 spiro atoms. The third-order valence-corrected chi connectivity index (χ3v) is 12.5. The Morgan fingerprint density at radius 3 is 1.25 bits per heavy atom. The number of benzene rings is 9. The predicted molar refractivity (Wildman–Crippen MR) is 246 cm³/mol. The quantitative estimate of drug-likeness (QED) is 0.175. The van der Waals surface area contributed by atoms with Crippen molar-refractivity contribution in [1.82, 2.24) is 0 Å². The minimum atomic E-state index is 0.822. The normalized spacial score (nSPS) is 12.2. The van der Waals surface area contributed by atoms with E-state index in [0.717, 1.165) is 116 Å². The summed E-state index contributed by atoms with van der Waals surface area (Å²) in [5.74, 6) is 0. The molecule has 13 rings (SSSR count). The fourth-order valence-corrected chi connectivity index (χ4v) is 9.42. The third kappa shape index (κ3) is 5.11. The lowest BCUT2D eigenvalue weighted by Crippen LogP contribution is -1.96. The first-order valence-electron chi connectivity index (χ1n) is 20.4. The van der Waals surface area contributed by atoms with Crippen LogP contribution in [0.1, 0.15) is 16.7 Å². The van der Waals surface area contributed by atoms with Crippen LogP contribution < -0.4 is 0 Å². The van der Waals surface area contributed by atoms with Crippen molar-refractivity contribution < 1.29 is 17.7 Å². The summed E-state index contributed by atoms with van der Waals surface area (Å²) in [4.78, 5) is 0. The molecule has 9 aromatic carbocycles. The Morgan fingerprint density at radius 1 is 0.300 bits per heavy atom. The summed E-state index contributed by atoms with van der Waals surface area (Å²) < 4.78 is 25.4. The topological polar surface area (TPSA) is 52.6 Å². The van der Waals surface area contributed by atoms with E-state index >= 15 is 0 Å². The fourth-order valence-electron chi connectivity index (χ4n) is 9.42. The number of aryl methyl sites for hydroxylation is 1. The van der Waals surface area contributed by atoms with E-state index in [2.05, 4.69) is 146 Å². The van der Waals surface area contributed by atoms with E-state index in [1.165, 1.54) is 27.8 Å². The van der Waals surface area contributed by atoms with E-state index < -0.39 is 0 Å². The molecule has 282 valence electrons. The van der Waals surface area contributed by atoms with Crippen LogP contribution in [0.15, 0.2) is 194 Å². The van der Waals surface area contributed by atoms with Gasteiger partial charge in [0, 0.05) is 43.1 Å². The van der Waals surface area contributed by atoms with Gasteiger partial charge in [-0.05, 0) is 136 Å². The van der Waals surface area contributed by atoms with Crippen LogP contribution in [-0.2, 0) is 6.42 Å². The van der Waals surface area contributed by atoms with Gasteiger partial charge in [0.05, 0.1) is 0 Å². The minimum Gasteiger partial charge on any atom is -0.456 e. The average molecular weight is 771 g/mol. The van der Waals surface area contributed by atoms with Crippen LogP contribution in [0.25, 0.3) is 121 Å². The molecule has 0 aliphatic rings. The highest BCUT2D eigenvalue weighted by molar-refractivity contribution is 6.16. The van der Waals surface area contributed by atoms with Crippen LogP contribution in [-0.4, -0.2) is 0 Å². The molecule has 0 radical (unpaired) electrons. The van der Waals surface area contributed by atoms with E-state index in [9.17, 15) is 0 Å². The van der Waals surface area contributed by atoms with E-state index in [1.807, 2.05) is 36.4 Å². The van der Waals surface area contributed by atoms with Gasteiger partial charge in [-0.1, -0.05) is 103 Å². The van der Waals surface area contributed by atoms with E-state index in [0.29, 0.717) is 0 Å². The first-order chi connectivity index (χ1) is 29.6. The Kier molecular flexibility index (Phi) is 6.96. The molecule has 0 aliphatic heterocycles. The predicted octanol–water partition coefficient (Wildman–Crippen LogP) is 16.2. The second-order valence-corrected chi connectivity index (χ2v) is 16.1. The summed E-state index contributed by atoms with van der Waals surface area (Å²) in [5, 5.41) is 8.56. The summed E-state index contributed by atoms with van der Waals surface area (Å²) in [6.07, 6.45) is 0.822. The molecule has 4 nitrogen and oxygen atoms in total. The SMILES string of the molecule is Cc1ccc(-c2ccc3oc4cc5c(cc4c3c2)oc2ccccc25)cc1-c1cc(-c2ccc3oc4cc5c(cc4c3c2)oc2ccccc25)ccc1Cc1ccccc1. The molecular weight excluding hydrogens is 737 g/mol. The average Bonchev–Trinajstić information content (AvgIpc) is 4.04. The molecule has 0 saturated heterocycles. The zero-order chi connectivity index (χ0) is 39.5. The highest BCUT2D eigenvalue weighted by Crippen LogP contribution is 2.42. The zero-order valence-electron chi connectivity index (χ0n) is 32.6. The Labute approximate surface area is 343 Å². The van der Waals surface area contributed by atoms with Gasteiger partial charge >= 0.3 is 0 Å². The summed E-state index contributed by atoms with van der Waals surface area (Å²) >= 11 is 0. The van der Waals surface area contributed by atoms with Gasteiger partial charge in [-0.25, -0.2) is 0 Å². The largest absolute Gasteiger partial charge is 0.456 e. The second kappa shape index (κ2) is 12.6. The molecule has 60 heavy (non-hydrogen) atoms. The lowest BCUT2D eigenvalue weighted by Gasteiger charge is -2.16. The van der Waals surface area contributed by atoms with Gasteiger partial charge in [0.15, 0.2) is 0 Å². The number of furan rings is 4. The summed E-state index contributed by atoms with van der Waals surface area (Å²) in [6, 6.07) is 62.4. The molecule has 0 N–H and O–H groups in total. The molecule has 0 fully saturated rings. The van der Waals surface area contributed by atoms with Gasteiger partial charge in [0.2, 0.25) is 0 Å². The van der Waals surface area contributed by atoms with Gasteiger partial charge in [0.1, 0.15) is 44.7 Å². The molecule has 0 unspecified atom stereocenters. The Morgan fingerprint density at radius 2 is 0.700 bits per heavy atom. The van der Waals surface area contributed by atoms with Crippen LogP contribution in [0.2, 0.25) is 0 Å². The molecule has 0 aliphatic carbocycles. The van der Waals surface area contributed by atoms with Crippen LogP contribution in [0, 0.1) is 6.92 Å². The summed E-state index contributed by atoms with van der Waals surface area (Å²) in [6.45, 7) is 2.21. The van der Waals surface area contributed by atoms with Crippen molar-refractivity contribution in [2.45, 2.75) is 13.3 Å². The number of para-hydroxylation sites is 2. The Balaban J connectivity index is 0.942. The van der Waals surface area contributed by atoms with Gasteiger partial charge < -0.3 is 17.7 Å². The molecule has 0 amide bonds. The van der Waals surface area contributed by atoms with Gasteiger partial charge in [-0.3, -0.25) is 0 Å². The second-order valence-electron chi connectivity index (χ2n) is 16.1. The van der Waals surface area contributed by atoms with Crippen molar-refractivity contribution >= 4 is 87.8 Å². The maximum atomic E-state index is 6.44. The first-order valence-corrected chi connectivity index (χ1v) is 20.4. The maximum Gasteiger partial charge on any atom is 0.136 e. The lowest BCUT2D eigenvalue weighted by atomic mass is 9.88. The Hall–Kier alpha value is -7.82. The highest BCUT2D eigenvalue weighted by atomic mass is 16.3. The summed E-state index contributed by atoms with van der Waals surface area (Å²) in [7, 11) is 0. The van der Waals surface area contributed by atoms with E-state index in [-0.39, 0.29) is 0 Å². The van der Waals surface area contributed by atoms with Crippen LogP contribution in [0.3, 0.4) is 0 Å². The van der Waals surface area contributed by atoms with Crippen LogP contribution >= 0.6 is 0 Å². The van der Waals surface area contributed by atoms with Crippen molar-refractivity contribution in [1.29, 1.82) is 0 Å². The number of hydrogen-bond acceptors (Lipinski definition) is 4. The smallest absolute Gasteiger partial charge is 0.136 e.